The third-order valence-electron chi connectivity index (χ3n) is 3.40. The fraction of sp³-hybridized carbons (Fsp3) is 0.733. The van der Waals surface area contributed by atoms with Crippen molar-refractivity contribution in [3.05, 3.63) is 11.9 Å². The number of aromatic nitrogens is 2. The molecule has 112 valence electrons. The summed E-state index contributed by atoms with van der Waals surface area (Å²) in [6, 6.07) is 2.62. The highest BCUT2D eigenvalue weighted by Gasteiger charge is 2.24. The zero-order valence-corrected chi connectivity index (χ0v) is 14.0. The van der Waals surface area contributed by atoms with Crippen molar-refractivity contribution in [1.29, 1.82) is 0 Å². The van der Waals surface area contributed by atoms with Crippen LogP contribution < -0.4 is 10.2 Å². The van der Waals surface area contributed by atoms with Gasteiger partial charge in [-0.05, 0) is 13.8 Å². The molecule has 2 rings (SSSR count). The number of hydrogen-bond acceptors (Lipinski definition) is 5. The van der Waals surface area contributed by atoms with Crippen LogP contribution in [0.25, 0.3) is 0 Å². The first-order valence-electron chi connectivity index (χ1n) is 7.39. The van der Waals surface area contributed by atoms with Gasteiger partial charge in [0.15, 0.2) is 0 Å². The Balaban J connectivity index is 2.38. The van der Waals surface area contributed by atoms with Gasteiger partial charge in [-0.15, -0.1) is 0 Å². The summed E-state index contributed by atoms with van der Waals surface area (Å²) in [5.41, 5.74) is -0.0338. The van der Waals surface area contributed by atoms with Crippen molar-refractivity contribution in [3.8, 4) is 0 Å². The minimum Gasteiger partial charge on any atom is -0.370 e. The van der Waals surface area contributed by atoms with E-state index >= 15 is 0 Å². The van der Waals surface area contributed by atoms with Crippen LogP contribution in [0.1, 0.15) is 40.4 Å². The summed E-state index contributed by atoms with van der Waals surface area (Å²) in [5.74, 6) is 5.26. The molecule has 1 aliphatic heterocycles. The molecule has 0 aliphatic carbocycles. The van der Waals surface area contributed by atoms with Gasteiger partial charge in [0.1, 0.15) is 17.5 Å². The minimum absolute atomic E-state index is 0.0338. The standard InChI is InChI=1S/C15H26N4S/c1-6-16-12-9-13(18-14(17-12)15(3,4)5)19-7-8-20-10-11(19)2/h9,11H,6-8,10H2,1-5H3,(H,16,17,18). The molecule has 1 saturated heterocycles. The largest absolute Gasteiger partial charge is 0.370 e. The van der Waals surface area contributed by atoms with Crippen molar-refractivity contribution >= 4 is 23.4 Å². The molecule has 0 spiro atoms. The second kappa shape index (κ2) is 6.20. The van der Waals surface area contributed by atoms with Crippen molar-refractivity contribution < 1.29 is 0 Å². The third kappa shape index (κ3) is 3.57. The van der Waals surface area contributed by atoms with Gasteiger partial charge in [-0.2, -0.15) is 11.8 Å². The van der Waals surface area contributed by atoms with E-state index in [4.69, 9.17) is 4.98 Å². The Labute approximate surface area is 126 Å². The van der Waals surface area contributed by atoms with E-state index < -0.39 is 0 Å². The molecule has 0 bridgehead atoms. The van der Waals surface area contributed by atoms with Crippen LogP contribution in [0.15, 0.2) is 6.07 Å². The van der Waals surface area contributed by atoms with E-state index in [-0.39, 0.29) is 5.41 Å². The number of hydrogen-bond donors (Lipinski definition) is 1. The fourth-order valence-electron chi connectivity index (χ4n) is 2.26. The van der Waals surface area contributed by atoms with Crippen LogP contribution in [0, 0.1) is 0 Å². The van der Waals surface area contributed by atoms with Crippen molar-refractivity contribution in [2.24, 2.45) is 0 Å². The summed E-state index contributed by atoms with van der Waals surface area (Å²) in [6.45, 7) is 12.8. The predicted octanol–water partition coefficient (Wildman–Crippen LogP) is 3.15. The van der Waals surface area contributed by atoms with Gasteiger partial charge < -0.3 is 10.2 Å². The molecule has 1 aromatic rings. The number of thioether (sulfide) groups is 1. The second-order valence-electron chi connectivity index (χ2n) is 6.33. The van der Waals surface area contributed by atoms with Gasteiger partial charge in [0.25, 0.3) is 0 Å². The topological polar surface area (TPSA) is 41.0 Å². The average molecular weight is 294 g/mol. The smallest absolute Gasteiger partial charge is 0.138 e. The molecular formula is C15H26N4S. The van der Waals surface area contributed by atoms with Crippen LogP contribution in [0.5, 0.6) is 0 Å². The molecule has 4 nitrogen and oxygen atoms in total. The maximum absolute atomic E-state index is 4.83. The number of nitrogens with zero attached hydrogens (tertiary/aromatic N) is 3. The van der Waals surface area contributed by atoms with Crippen LogP contribution in [-0.2, 0) is 5.41 Å². The molecule has 0 radical (unpaired) electrons. The predicted molar refractivity (Wildman–Crippen MR) is 89.0 cm³/mol. The number of rotatable bonds is 3. The van der Waals surface area contributed by atoms with E-state index in [9.17, 15) is 0 Å². The molecule has 1 aromatic heterocycles. The van der Waals surface area contributed by atoms with Crippen LogP contribution in [0.2, 0.25) is 0 Å². The average Bonchev–Trinajstić information content (AvgIpc) is 2.38. The molecular weight excluding hydrogens is 268 g/mol. The zero-order chi connectivity index (χ0) is 14.8. The summed E-state index contributed by atoms with van der Waals surface area (Å²) < 4.78 is 0. The Morgan fingerprint density at radius 1 is 1.40 bits per heavy atom. The van der Waals surface area contributed by atoms with E-state index in [0.29, 0.717) is 6.04 Å². The summed E-state index contributed by atoms with van der Waals surface area (Å²) in [4.78, 5) is 11.9. The van der Waals surface area contributed by atoms with Crippen LogP contribution in [-0.4, -0.2) is 40.6 Å². The van der Waals surface area contributed by atoms with E-state index in [1.54, 1.807) is 0 Å². The second-order valence-corrected chi connectivity index (χ2v) is 7.48. The van der Waals surface area contributed by atoms with E-state index in [1.807, 2.05) is 11.8 Å². The minimum atomic E-state index is -0.0338. The molecule has 5 heteroatoms. The lowest BCUT2D eigenvalue weighted by Gasteiger charge is -2.35. The van der Waals surface area contributed by atoms with Gasteiger partial charge in [0, 0.05) is 42.1 Å². The van der Waals surface area contributed by atoms with Crippen molar-refractivity contribution in [2.45, 2.75) is 46.1 Å². The first-order chi connectivity index (χ1) is 9.41. The maximum Gasteiger partial charge on any atom is 0.138 e. The van der Waals surface area contributed by atoms with Crippen LogP contribution in [0.3, 0.4) is 0 Å². The van der Waals surface area contributed by atoms with Gasteiger partial charge in [0.2, 0.25) is 0 Å². The Morgan fingerprint density at radius 2 is 2.15 bits per heavy atom. The van der Waals surface area contributed by atoms with Gasteiger partial charge in [-0.1, -0.05) is 20.8 Å². The first-order valence-corrected chi connectivity index (χ1v) is 8.55. The molecule has 0 amide bonds. The van der Waals surface area contributed by atoms with Crippen LogP contribution in [0.4, 0.5) is 11.6 Å². The fourth-order valence-corrected chi connectivity index (χ4v) is 3.27. The third-order valence-corrected chi connectivity index (χ3v) is 4.59. The lowest BCUT2D eigenvalue weighted by atomic mass is 9.95. The summed E-state index contributed by atoms with van der Waals surface area (Å²) in [5, 5.41) is 3.33. The van der Waals surface area contributed by atoms with Gasteiger partial charge >= 0.3 is 0 Å². The zero-order valence-electron chi connectivity index (χ0n) is 13.2. The quantitative estimate of drug-likeness (QED) is 0.927. The van der Waals surface area contributed by atoms with Crippen molar-refractivity contribution in [1.82, 2.24) is 9.97 Å². The molecule has 1 fully saturated rings. The Morgan fingerprint density at radius 3 is 2.75 bits per heavy atom. The lowest BCUT2D eigenvalue weighted by molar-refractivity contribution is 0.543. The highest BCUT2D eigenvalue weighted by Crippen LogP contribution is 2.27. The number of nitrogens with one attached hydrogen (secondary N) is 1. The summed E-state index contributed by atoms with van der Waals surface area (Å²) in [6.07, 6.45) is 0. The maximum atomic E-state index is 4.83. The van der Waals surface area contributed by atoms with Gasteiger partial charge in [-0.3, -0.25) is 0 Å². The number of anilines is 2. The van der Waals surface area contributed by atoms with Crippen molar-refractivity contribution in [2.75, 3.05) is 34.8 Å². The van der Waals surface area contributed by atoms with Gasteiger partial charge in [0.05, 0.1) is 0 Å². The monoisotopic (exact) mass is 294 g/mol. The molecule has 1 atom stereocenters. The molecule has 0 aromatic carbocycles. The Bertz CT molecular complexity index is 456. The normalized spacial score (nSPS) is 20.1. The summed E-state index contributed by atoms with van der Waals surface area (Å²) >= 11 is 2.02. The summed E-state index contributed by atoms with van der Waals surface area (Å²) in [7, 11) is 0. The lowest BCUT2D eigenvalue weighted by Crippen LogP contribution is -2.41. The molecule has 1 N–H and O–H groups in total. The Kier molecular flexibility index (Phi) is 4.78. The molecule has 0 saturated carbocycles. The van der Waals surface area contributed by atoms with Crippen LogP contribution >= 0.6 is 11.8 Å². The molecule has 1 unspecified atom stereocenters. The molecule has 2 heterocycles. The van der Waals surface area contributed by atoms with Gasteiger partial charge in [-0.25, -0.2) is 9.97 Å². The highest BCUT2D eigenvalue weighted by molar-refractivity contribution is 7.99. The van der Waals surface area contributed by atoms with E-state index in [2.05, 4.69) is 55.9 Å². The van der Waals surface area contributed by atoms with E-state index in [1.165, 1.54) is 11.5 Å². The first kappa shape index (κ1) is 15.4. The Hall–Kier alpha value is -0.970. The van der Waals surface area contributed by atoms with E-state index in [0.717, 1.165) is 30.5 Å². The molecule has 1 aliphatic rings. The van der Waals surface area contributed by atoms with Crippen molar-refractivity contribution in [3.63, 3.8) is 0 Å². The molecule has 20 heavy (non-hydrogen) atoms. The SMILES string of the molecule is CCNc1cc(N2CCSCC2C)nc(C(C)(C)C)n1. The highest BCUT2D eigenvalue weighted by atomic mass is 32.2.